The van der Waals surface area contributed by atoms with Gasteiger partial charge in [-0.15, -0.1) is 0 Å². The lowest BCUT2D eigenvalue weighted by molar-refractivity contribution is -0.123. The Morgan fingerprint density at radius 1 is 1.29 bits per heavy atom. The van der Waals surface area contributed by atoms with E-state index in [-0.39, 0.29) is 5.91 Å². The second-order valence-electron chi connectivity index (χ2n) is 5.24. The van der Waals surface area contributed by atoms with Gasteiger partial charge in [0.15, 0.2) is 0 Å². The molecule has 0 aromatic heterocycles. The van der Waals surface area contributed by atoms with Crippen LogP contribution >= 0.6 is 0 Å². The third-order valence-corrected chi connectivity index (χ3v) is 3.66. The molecule has 2 unspecified atom stereocenters. The van der Waals surface area contributed by atoms with E-state index in [1.807, 2.05) is 0 Å². The number of ether oxygens (including phenoxy) is 1. The van der Waals surface area contributed by atoms with Crippen LogP contribution in [0.4, 0.5) is 0 Å². The fraction of sp³-hybridized carbons (Fsp3) is 0.923. The van der Waals surface area contributed by atoms with Crippen LogP contribution in [0.15, 0.2) is 0 Å². The summed E-state index contributed by atoms with van der Waals surface area (Å²) in [4.78, 5) is 11.7. The molecule has 2 N–H and O–H groups in total. The molecule has 0 spiro atoms. The summed E-state index contributed by atoms with van der Waals surface area (Å²) in [6.45, 7) is 3.38. The summed E-state index contributed by atoms with van der Waals surface area (Å²) in [5.41, 5.74) is 0. The van der Waals surface area contributed by atoms with Gasteiger partial charge >= 0.3 is 0 Å². The maximum Gasteiger partial charge on any atom is 0.222 e. The first kappa shape index (κ1) is 12.8. The molecule has 0 saturated carbocycles. The van der Waals surface area contributed by atoms with Gasteiger partial charge in [0.25, 0.3) is 0 Å². The minimum absolute atomic E-state index is 0.146. The lowest BCUT2D eigenvalue weighted by atomic mass is 10.00. The van der Waals surface area contributed by atoms with Gasteiger partial charge in [0.05, 0.1) is 6.61 Å². The summed E-state index contributed by atoms with van der Waals surface area (Å²) < 4.78 is 5.32. The lowest BCUT2D eigenvalue weighted by Crippen LogP contribution is -2.48. The Morgan fingerprint density at radius 2 is 2.00 bits per heavy atom. The number of fused-ring (bicyclic) bond motifs is 2. The molecule has 2 heterocycles. The minimum atomic E-state index is 0.146. The number of carbonyl (C=O) groups excluding carboxylic acids is 1. The van der Waals surface area contributed by atoms with Crippen molar-refractivity contribution < 1.29 is 9.53 Å². The molecule has 2 fully saturated rings. The SMILES string of the molecule is CCCOCCC(=O)NC1CC2CCC(C1)N2. The molecule has 0 aromatic rings. The fourth-order valence-electron chi connectivity index (χ4n) is 2.89. The van der Waals surface area contributed by atoms with Crippen molar-refractivity contribution in [1.29, 1.82) is 0 Å². The second kappa shape index (κ2) is 6.36. The molecule has 17 heavy (non-hydrogen) atoms. The molecule has 4 nitrogen and oxygen atoms in total. The minimum Gasteiger partial charge on any atom is -0.381 e. The summed E-state index contributed by atoms with van der Waals surface area (Å²) in [6.07, 6.45) is 6.25. The summed E-state index contributed by atoms with van der Waals surface area (Å²) in [5.74, 6) is 0.146. The first-order chi connectivity index (χ1) is 8.28. The molecule has 1 amide bonds. The largest absolute Gasteiger partial charge is 0.381 e. The van der Waals surface area contributed by atoms with E-state index in [1.54, 1.807) is 0 Å². The van der Waals surface area contributed by atoms with Gasteiger partial charge in [-0.25, -0.2) is 0 Å². The lowest BCUT2D eigenvalue weighted by Gasteiger charge is -2.29. The van der Waals surface area contributed by atoms with Crippen LogP contribution in [-0.4, -0.2) is 37.2 Å². The quantitative estimate of drug-likeness (QED) is 0.686. The van der Waals surface area contributed by atoms with E-state index >= 15 is 0 Å². The van der Waals surface area contributed by atoms with Gasteiger partial charge in [-0.1, -0.05) is 6.92 Å². The van der Waals surface area contributed by atoms with Gasteiger partial charge < -0.3 is 15.4 Å². The number of piperidine rings is 1. The Kier molecular flexibility index (Phi) is 4.80. The van der Waals surface area contributed by atoms with Crippen LogP contribution in [0.25, 0.3) is 0 Å². The number of carbonyl (C=O) groups is 1. The molecule has 0 aromatic carbocycles. The van der Waals surface area contributed by atoms with Gasteiger partial charge in [-0.05, 0) is 32.1 Å². The average Bonchev–Trinajstić information content (AvgIpc) is 2.64. The third-order valence-electron chi connectivity index (χ3n) is 3.66. The second-order valence-corrected chi connectivity index (χ2v) is 5.24. The van der Waals surface area contributed by atoms with Crippen molar-refractivity contribution in [3.63, 3.8) is 0 Å². The van der Waals surface area contributed by atoms with E-state index in [1.165, 1.54) is 12.8 Å². The first-order valence-corrected chi connectivity index (χ1v) is 6.91. The molecule has 2 rings (SSSR count). The number of rotatable bonds is 6. The highest BCUT2D eigenvalue weighted by Crippen LogP contribution is 2.26. The van der Waals surface area contributed by atoms with Crippen molar-refractivity contribution in [2.75, 3.05) is 13.2 Å². The van der Waals surface area contributed by atoms with Gasteiger partial charge in [0, 0.05) is 31.2 Å². The van der Waals surface area contributed by atoms with Crippen LogP contribution in [-0.2, 0) is 9.53 Å². The van der Waals surface area contributed by atoms with Crippen LogP contribution < -0.4 is 10.6 Å². The maximum absolute atomic E-state index is 11.7. The molecule has 98 valence electrons. The van der Waals surface area contributed by atoms with Gasteiger partial charge in [0.2, 0.25) is 5.91 Å². The van der Waals surface area contributed by atoms with Crippen molar-refractivity contribution in [2.24, 2.45) is 0 Å². The molecular formula is C13H24N2O2. The average molecular weight is 240 g/mol. The van der Waals surface area contributed by atoms with Crippen molar-refractivity contribution >= 4 is 5.91 Å². The molecular weight excluding hydrogens is 216 g/mol. The molecule has 0 aliphatic carbocycles. The monoisotopic (exact) mass is 240 g/mol. The Bertz CT molecular complexity index is 246. The van der Waals surface area contributed by atoms with E-state index in [0.717, 1.165) is 25.9 Å². The van der Waals surface area contributed by atoms with E-state index in [4.69, 9.17) is 4.74 Å². The standard InChI is InChI=1S/C13H24N2O2/c1-2-6-17-7-5-13(16)15-12-8-10-3-4-11(9-12)14-10/h10-12,14H,2-9H2,1H3,(H,15,16). The van der Waals surface area contributed by atoms with Crippen molar-refractivity contribution in [1.82, 2.24) is 10.6 Å². The molecule has 2 saturated heterocycles. The summed E-state index contributed by atoms with van der Waals surface area (Å²) in [7, 11) is 0. The molecule has 2 aliphatic heterocycles. The normalized spacial score (nSPS) is 31.5. The number of amides is 1. The third kappa shape index (κ3) is 3.96. The molecule has 0 radical (unpaired) electrons. The Hall–Kier alpha value is -0.610. The summed E-state index contributed by atoms with van der Waals surface area (Å²) in [6, 6.07) is 1.65. The molecule has 2 aliphatic rings. The highest BCUT2D eigenvalue weighted by atomic mass is 16.5. The first-order valence-electron chi connectivity index (χ1n) is 6.91. The summed E-state index contributed by atoms with van der Waals surface area (Å²) in [5, 5.41) is 6.72. The van der Waals surface area contributed by atoms with Gasteiger partial charge in [0.1, 0.15) is 0 Å². The highest BCUT2D eigenvalue weighted by molar-refractivity contribution is 5.76. The van der Waals surface area contributed by atoms with Gasteiger partial charge in [-0.3, -0.25) is 4.79 Å². The predicted octanol–water partition coefficient (Wildman–Crippen LogP) is 1.20. The van der Waals surface area contributed by atoms with Crippen molar-refractivity contribution in [3.05, 3.63) is 0 Å². The van der Waals surface area contributed by atoms with Crippen LogP contribution in [0.1, 0.15) is 45.4 Å². The fourth-order valence-corrected chi connectivity index (χ4v) is 2.89. The Balaban J connectivity index is 1.61. The zero-order valence-corrected chi connectivity index (χ0v) is 10.7. The van der Waals surface area contributed by atoms with Crippen LogP contribution in [0.3, 0.4) is 0 Å². The van der Waals surface area contributed by atoms with Crippen molar-refractivity contribution in [3.8, 4) is 0 Å². The zero-order valence-electron chi connectivity index (χ0n) is 10.7. The van der Waals surface area contributed by atoms with Crippen molar-refractivity contribution in [2.45, 2.75) is 63.6 Å². The number of hydrogen-bond donors (Lipinski definition) is 2. The zero-order chi connectivity index (χ0) is 12.1. The topological polar surface area (TPSA) is 50.4 Å². The number of hydrogen-bond acceptors (Lipinski definition) is 3. The molecule has 4 heteroatoms. The smallest absolute Gasteiger partial charge is 0.222 e. The maximum atomic E-state index is 11.7. The van der Waals surface area contributed by atoms with E-state index < -0.39 is 0 Å². The van der Waals surface area contributed by atoms with E-state index in [0.29, 0.717) is 31.2 Å². The van der Waals surface area contributed by atoms with Crippen LogP contribution in [0.5, 0.6) is 0 Å². The molecule has 2 atom stereocenters. The van der Waals surface area contributed by atoms with Gasteiger partial charge in [-0.2, -0.15) is 0 Å². The highest BCUT2D eigenvalue weighted by Gasteiger charge is 2.33. The van der Waals surface area contributed by atoms with Crippen LogP contribution in [0, 0.1) is 0 Å². The summed E-state index contributed by atoms with van der Waals surface area (Å²) >= 11 is 0. The Labute approximate surface area is 103 Å². The Morgan fingerprint density at radius 3 is 2.65 bits per heavy atom. The van der Waals surface area contributed by atoms with E-state index in [2.05, 4.69) is 17.6 Å². The predicted molar refractivity (Wildman–Crippen MR) is 66.8 cm³/mol. The van der Waals surface area contributed by atoms with Crippen LogP contribution in [0.2, 0.25) is 0 Å². The van der Waals surface area contributed by atoms with E-state index in [9.17, 15) is 4.79 Å². The molecule has 2 bridgehead atoms. The number of nitrogens with one attached hydrogen (secondary N) is 2.